The van der Waals surface area contributed by atoms with Crippen molar-refractivity contribution in [1.82, 2.24) is 10.2 Å². The molecule has 2 nitrogen and oxygen atoms in total. The summed E-state index contributed by atoms with van der Waals surface area (Å²) in [7, 11) is 0. The maximum absolute atomic E-state index is 6.11. The van der Waals surface area contributed by atoms with Gasteiger partial charge < -0.3 is 5.32 Å². The normalized spacial score (nSPS) is 25.7. The van der Waals surface area contributed by atoms with Crippen molar-refractivity contribution in [2.45, 2.75) is 51.1 Å². The summed E-state index contributed by atoms with van der Waals surface area (Å²) in [6.07, 6.45) is 8.39. The minimum atomic E-state index is 0.687. The summed E-state index contributed by atoms with van der Waals surface area (Å²) in [5.74, 6) is 0.888. The third-order valence-corrected chi connectivity index (χ3v) is 5.26. The molecule has 0 aromatic heterocycles. The Balaban J connectivity index is 1.61. The van der Waals surface area contributed by atoms with Crippen molar-refractivity contribution in [3.05, 3.63) is 34.9 Å². The maximum Gasteiger partial charge on any atom is 0.0409 e. The van der Waals surface area contributed by atoms with E-state index in [1.807, 2.05) is 6.07 Å². The van der Waals surface area contributed by atoms with Crippen LogP contribution in [0.3, 0.4) is 0 Å². The van der Waals surface area contributed by atoms with Crippen LogP contribution in [0.4, 0.5) is 0 Å². The minimum absolute atomic E-state index is 0.687. The summed E-state index contributed by atoms with van der Waals surface area (Å²) in [5.41, 5.74) is 1.34. The van der Waals surface area contributed by atoms with Crippen molar-refractivity contribution >= 4 is 11.6 Å². The SMILES string of the molecule is Clc1cccc(CN2CCCNC(C3CCCCC3)C2)c1. The van der Waals surface area contributed by atoms with E-state index in [2.05, 4.69) is 28.4 Å². The van der Waals surface area contributed by atoms with E-state index in [0.29, 0.717) is 6.04 Å². The number of hydrogen-bond acceptors (Lipinski definition) is 2. The molecular formula is C18H27ClN2. The Labute approximate surface area is 133 Å². The van der Waals surface area contributed by atoms with E-state index >= 15 is 0 Å². The Morgan fingerprint density at radius 3 is 2.81 bits per heavy atom. The summed E-state index contributed by atoms with van der Waals surface area (Å²) < 4.78 is 0. The first-order valence-corrected chi connectivity index (χ1v) is 8.89. The third-order valence-electron chi connectivity index (χ3n) is 5.03. The molecule has 1 N–H and O–H groups in total. The number of benzene rings is 1. The van der Waals surface area contributed by atoms with Gasteiger partial charge in [-0.15, -0.1) is 0 Å². The summed E-state index contributed by atoms with van der Waals surface area (Å²) in [6.45, 7) is 4.60. The van der Waals surface area contributed by atoms with Crippen LogP contribution in [0.15, 0.2) is 24.3 Å². The van der Waals surface area contributed by atoms with E-state index in [1.165, 1.54) is 63.7 Å². The lowest BCUT2D eigenvalue weighted by Gasteiger charge is -2.33. The van der Waals surface area contributed by atoms with Crippen molar-refractivity contribution in [3.63, 3.8) is 0 Å². The number of nitrogens with zero attached hydrogens (tertiary/aromatic N) is 1. The van der Waals surface area contributed by atoms with Crippen LogP contribution in [0.1, 0.15) is 44.1 Å². The van der Waals surface area contributed by atoms with E-state index in [9.17, 15) is 0 Å². The second-order valence-corrected chi connectivity index (χ2v) is 7.11. The highest BCUT2D eigenvalue weighted by Gasteiger charge is 2.26. The molecule has 0 spiro atoms. The molecule has 0 bridgehead atoms. The molecule has 1 saturated carbocycles. The van der Waals surface area contributed by atoms with Crippen LogP contribution in [0.5, 0.6) is 0 Å². The van der Waals surface area contributed by atoms with Crippen molar-refractivity contribution in [1.29, 1.82) is 0 Å². The highest BCUT2D eigenvalue weighted by Crippen LogP contribution is 2.28. The van der Waals surface area contributed by atoms with E-state index < -0.39 is 0 Å². The molecule has 2 fully saturated rings. The molecule has 1 aromatic rings. The smallest absolute Gasteiger partial charge is 0.0409 e. The van der Waals surface area contributed by atoms with Gasteiger partial charge in [-0.2, -0.15) is 0 Å². The predicted octanol–water partition coefficient (Wildman–Crippen LogP) is 4.08. The second-order valence-electron chi connectivity index (χ2n) is 6.68. The quantitative estimate of drug-likeness (QED) is 0.905. The average molecular weight is 307 g/mol. The Hall–Kier alpha value is -0.570. The van der Waals surface area contributed by atoms with Gasteiger partial charge in [0.25, 0.3) is 0 Å². The summed E-state index contributed by atoms with van der Waals surface area (Å²) >= 11 is 6.11. The molecule has 1 atom stereocenters. The Morgan fingerprint density at radius 2 is 2.00 bits per heavy atom. The monoisotopic (exact) mass is 306 g/mol. The van der Waals surface area contributed by atoms with Gasteiger partial charge in [-0.3, -0.25) is 4.90 Å². The molecule has 1 aromatic carbocycles. The molecule has 1 aliphatic carbocycles. The fourth-order valence-electron chi connectivity index (χ4n) is 3.91. The minimum Gasteiger partial charge on any atom is -0.312 e. The number of nitrogens with one attached hydrogen (secondary N) is 1. The van der Waals surface area contributed by atoms with Gasteiger partial charge in [-0.25, -0.2) is 0 Å². The van der Waals surface area contributed by atoms with Crippen LogP contribution < -0.4 is 5.32 Å². The van der Waals surface area contributed by atoms with Crippen LogP contribution in [0, 0.1) is 5.92 Å². The Kier molecular flexibility index (Phi) is 5.56. The molecule has 0 radical (unpaired) electrons. The lowest BCUT2D eigenvalue weighted by Crippen LogP contribution is -2.43. The predicted molar refractivity (Wildman–Crippen MR) is 89.7 cm³/mol. The number of hydrogen-bond donors (Lipinski definition) is 1. The maximum atomic E-state index is 6.11. The first-order valence-electron chi connectivity index (χ1n) is 8.51. The summed E-state index contributed by atoms with van der Waals surface area (Å²) in [4.78, 5) is 2.62. The first-order chi connectivity index (χ1) is 10.3. The fraction of sp³-hybridized carbons (Fsp3) is 0.667. The van der Waals surface area contributed by atoms with Crippen LogP contribution in [-0.2, 0) is 6.54 Å². The highest BCUT2D eigenvalue weighted by molar-refractivity contribution is 6.30. The zero-order chi connectivity index (χ0) is 14.5. The second kappa shape index (κ2) is 7.62. The van der Waals surface area contributed by atoms with E-state index in [-0.39, 0.29) is 0 Å². The molecule has 1 aliphatic heterocycles. The molecule has 1 saturated heterocycles. The van der Waals surface area contributed by atoms with Gasteiger partial charge in [0.15, 0.2) is 0 Å². The zero-order valence-electron chi connectivity index (χ0n) is 12.9. The largest absolute Gasteiger partial charge is 0.312 e. The Morgan fingerprint density at radius 1 is 1.14 bits per heavy atom. The lowest BCUT2D eigenvalue weighted by molar-refractivity contribution is 0.201. The molecular weight excluding hydrogens is 280 g/mol. The van der Waals surface area contributed by atoms with Gasteiger partial charge in [0.2, 0.25) is 0 Å². The molecule has 21 heavy (non-hydrogen) atoms. The highest BCUT2D eigenvalue weighted by atomic mass is 35.5. The molecule has 1 heterocycles. The van der Waals surface area contributed by atoms with Crippen LogP contribution in [-0.4, -0.2) is 30.6 Å². The molecule has 3 rings (SSSR count). The molecule has 116 valence electrons. The van der Waals surface area contributed by atoms with Gasteiger partial charge in [0, 0.05) is 24.2 Å². The van der Waals surface area contributed by atoms with Gasteiger partial charge in [-0.1, -0.05) is 43.0 Å². The Bertz CT molecular complexity index is 443. The van der Waals surface area contributed by atoms with Crippen molar-refractivity contribution in [2.24, 2.45) is 5.92 Å². The van der Waals surface area contributed by atoms with E-state index in [1.54, 1.807) is 0 Å². The molecule has 0 amide bonds. The van der Waals surface area contributed by atoms with E-state index in [4.69, 9.17) is 11.6 Å². The molecule has 1 unspecified atom stereocenters. The van der Waals surface area contributed by atoms with Crippen molar-refractivity contribution < 1.29 is 0 Å². The van der Waals surface area contributed by atoms with Crippen LogP contribution >= 0.6 is 11.6 Å². The third kappa shape index (κ3) is 4.45. The average Bonchev–Trinajstić information content (AvgIpc) is 2.74. The topological polar surface area (TPSA) is 15.3 Å². The van der Waals surface area contributed by atoms with Gasteiger partial charge in [0.05, 0.1) is 0 Å². The van der Waals surface area contributed by atoms with Gasteiger partial charge in [-0.05, 0) is 56.0 Å². The van der Waals surface area contributed by atoms with Crippen molar-refractivity contribution in [3.8, 4) is 0 Å². The molecule has 3 heteroatoms. The molecule has 2 aliphatic rings. The van der Waals surface area contributed by atoms with Gasteiger partial charge in [0.1, 0.15) is 0 Å². The van der Waals surface area contributed by atoms with E-state index in [0.717, 1.165) is 17.5 Å². The zero-order valence-corrected chi connectivity index (χ0v) is 13.6. The first kappa shape index (κ1) is 15.3. The van der Waals surface area contributed by atoms with Crippen molar-refractivity contribution in [2.75, 3.05) is 19.6 Å². The lowest BCUT2D eigenvalue weighted by atomic mass is 9.83. The van der Waals surface area contributed by atoms with Crippen LogP contribution in [0.25, 0.3) is 0 Å². The van der Waals surface area contributed by atoms with Crippen LogP contribution in [0.2, 0.25) is 5.02 Å². The number of rotatable bonds is 3. The summed E-state index contributed by atoms with van der Waals surface area (Å²) in [5, 5.41) is 4.66. The van der Waals surface area contributed by atoms with Gasteiger partial charge >= 0.3 is 0 Å². The summed E-state index contributed by atoms with van der Waals surface area (Å²) in [6, 6.07) is 9.01. The fourth-order valence-corrected chi connectivity index (χ4v) is 4.13. The number of halogens is 1. The standard InChI is InChI=1S/C18H27ClN2/c19-17-9-4-6-15(12-17)13-21-11-5-10-20-18(14-21)16-7-2-1-3-8-16/h4,6,9,12,16,18,20H,1-3,5,7-8,10-11,13-14H2.